The van der Waals surface area contributed by atoms with Gasteiger partial charge in [-0.2, -0.15) is 5.10 Å². The van der Waals surface area contributed by atoms with E-state index in [1.54, 1.807) is 7.05 Å². The second-order valence-corrected chi connectivity index (χ2v) is 7.06. The number of hydrogen-bond donors (Lipinski definition) is 3. The standard InChI is InChI=1S/C21H26N6.HI/c1-21(2,18-10-5-4-6-11-18)14-24-20(22-3)23-13-16-8-7-9-17(12-16)19-25-15-26-27-19;/h4-12,15H,13-14H2,1-3H3,(H2,22,23,24)(H,25,26,27);1H. The summed E-state index contributed by atoms with van der Waals surface area (Å²) in [5.74, 6) is 1.55. The molecular weight excluding hydrogens is 463 g/mol. The minimum Gasteiger partial charge on any atom is -0.356 e. The number of aromatic amines is 1. The fraction of sp³-hybridized carbons (Fsp3) is 0.286. The van der Waals surface area contributed by atoms with Gasteiger partial charge in [0.2, 0.25) is 0 Å². The van der Waals surface area contributed by atoms with Crippen LogP contribution in [0, 0.1) is 0 Å². The molecule has 1 aromatic heterocycles. The summed E-state index contributed by atoms with van der Waals surface area (Å²) in [5.41, 5.74) is 3.47. The highest BCUT2D eigenvalue weighted by atomic mass is 127. The summed E-state index contributed by atoms with van der Waals surface area (Å²) in [5, 5.41) is 13.6. The number of aliphatic imine (C=N–C) groups is 1. The third-order valence-corrected chi connectivity index (χ3v) is 4.55. The maximum absolute atomic E-state index is 4.34. The van der Waals surface area contributed by atoms with Crippen LogP contribution in [0.25, 0.3) is 11.4 Å². The van der Waals surface area contributed by atoms with Crippen molar-refractivity contribution in [2.24, 2.45) is 4.99 Å². The van der Waals surface area contributed by atoms with Gasteiger partial charge in [-0.1, -0.05) is 62.4 Å². The second-order valence-electron chi connectivity index (χ2n) is 7.06. The van der Waals surface area contributed by atoms with Gasteiger partial charge in [0.05, 0.1) is 0 Å². The summed E-state index contributed by atoms with van der Waals surface area (Å²) in [6.07, 6.45) is 1.51. The number of hydrogen-bond acceptors (Lipinski definition) is 3. The SMILES string of the molecule is CN=C(NCc1cccc(-c2ncn[nH]2)c1)NCC(C)(C)c1ccccc1.I. The van der Waals surface area contributed by atoms with Crippen molar-refractivity contribution in [2.45, 2.75) is 25.8 Å². The molecule has 0 fully saturated rings. The van der Waals surface area contributed by atoms with E-state index in [9.17, 15) is 0 Å². The molecule has 0 saturated carbocycles. The van der Waals surface area contributed by atoms with Gasteiger partial charge in [-0.25, -0.2) is 4.98 Å². The Morgan fingerprint density at radius 2 is 1.86 bits per heavy atom. The van der Waals surface area contributed by atoms with E-state index < -0.39 is 0 Å². The fourth-order valence-corrected chi connectivity index (χ4v) is 2.88. The zero-order valence-electron chi connectivity index (χ0n) is 16.4. The van der Waals surface area contributed by atoms with Crippen molar-refractivity contribution in [3.63, 3.8) is 0 Å². The number of nitrogens with zero attached hydrogens (tertiary/aromatic N) is 3. The topological polar surface area (TPSA) is 78.0 Å². The van der Waals surface area contributed by atoms with Crippen molar-refractivity contribution in [3.05, 3.63) is 72.1 Å². The number of H-pyrrole nitrogens is 1. The Kier molecular flexibility index (Phi) is 7.98. The third kappa shape index (κ3) is 5.79. The van der Waals surface area contributed by atoms with Crippen LogP contribution in [0.2, 0.25) is 0 Å². The lowest BCUT2D eigenvalue weighted by Crippen LogP contribution is -2.43. The van der Waals surface area contributed by atoms with Crippen LogP contribution in [-0.4, -0.2) is 34.7 Å². The highest BCUT2D eigenvalue weighted by Gasteiger charge is 2.20. The Morgan fingerprint density at radius 1 is 1.07 bits per heavy atom. The lowest BCUT2D eigenvalue weighted by molar-refractivity contribution is 0.508. The fourth-order valence-electron chi connectivity index (χ4n) is 2.88. The summed E-state index contributed by atoms with van der Waals surface area (Å²) >= 11 is 0. The van der Waals surface area contributed by atoms with Gasteiger partial charge < -0.3 is 10.6 Å². The van der Waals surface area contributed by atoms with E-state index in [4.69, 9.17) is 0 Å². The zero-order chi connectivity index (χ0) is 19.1. The molecule has 3 rings (SSSR count). The molecule has 0 amide bonds. The van der Waals surface area contributed by atoms with E-state index in [2.05, 4.69) is 81.1 Å². The Morgan fingerprint density at radius 3 is 2.54 bits per heavy atom. The van der Waals surface area contributed by atoms with E-state index in [1.807, 2.05) is 18.2 Å². The molecule has 0 unspecified atom stereocenters. The summed E-state index contributed by atoms with van der Waals surface area (Å²) < 4.78 is 0. The number of halogens is 1. The number of benzene rings is 2. The molecular formula is C21H27IN6. The predicted molar refractivity (Wildman–Crippen MR) is 125 cm³/mol. The van der Waals surface area contributed by atoms with Crippen molar-refractivity contribution >= 4 is 29.9 Å². The van der Waals surface area contributed by atoms with Gasteiger partial charge in [0.1, 0.15) is 6.33 Å². The Bertz CT molecular complexity index is 875. The first-order valence-electron chi connectivity index (χ1n) is 9.03. The molecule has 3 aromatic rings. The van der Waals surface area contributed by atoms with Crippen LogP contribution in [0.3, 0.4) is 0 Å². The first-order chi connectivity index (χ1) is 13.1. The van der Waals surface area contributed by atoms with Gasteiger partial charge >= 0.3 is 0 Å². The number of rotatable bonds is 6. The van der Waals surface area contributed by atoms with E-state index in [1.165, 1.54) is 11.9 Å². The minimum atomic E-state index is 0. The lowest BCUT2D eigenvalue weighted by atomic mass is 9.85. The third-order valence-electron chi connectivity index (χ3n) is 4.55. The van der Waals surface area contributed by atoms with E-state index in [0.29, 0.717) is 6.54 Å². The molecule has 0 saturated heterocycles. The number of aromatic nitrogens is 3. The van der Waals surface area contributed by atoms with Gasteiger partial charge in [0, 0.05) is 31.1 Å². The van der Waals surface area contributed by atoms with Crippen LogP contribution in [0.5, 0.6) is 0 Å². The number of guanidine groups is 1. The summed E-state index contributed by atoms with van der Waals surface area (Å²) in [6.45, 7) is 5.91. The average Bonchev–Trinajstić information content (AvgIpc) is 3.24. The van der Waals surface area contributed by atoms with Crippen LogP contribution >= 0.6 is 24.0 Å². The molecule has 0 aliphatic heterocycles. The van der Waals surface area contributed by atoms with Crippen molar-refractivity contribution in [3.8, 4) is 11.4 Å². The molecule has 6 nitrogen and oxygen atoms in total. The molecule has 148 valence electrons. The van der Waals surface area contributed by atoms with Gasteiger partial charge in [0.15, 0.2) is 11.8 Å². The molecule has 0 radical (unpaired) electrons. The van der Waals surface area contributed by atoms with Gasteiger partial charge in [-0.05, 0) is 17.2 Å². The molecule has 2 aromatic carbocycles. The molecule has 1 heterocycles. The molecule has 7 heteroatoms. The predicted octanol–water partition coefficient (Wildman–Crippen LogP) is 3.73. The van der Waals surface area contributed by atoms with Crippen LogP contribution in [0.4, 0.5) is 0 Å². The molecule has 0 atom stereocenters. The van der Waals surface area contributed by atoms with Crippen molar-refractivity contribution in [1.82, 2.24) is 25.8 Å². The largest absolute Gasteiger partial charge is 0.356 e. The van der Waals surface area contributed by atoms with Crippen molar-refractivity contribution < 1.29 is 0 Å². The maximum atomic E-state index is 4.34. The Hall–Kier alpha value is -2.42. The lowest BCUT2D eigenvalue weighted by Gasteiger charge is -2.26. The first kappa shape index (κ1) is 21.9. The molecule has 0 aliphatic rings. The summed E-state index contributed by atoms with van der Waals surface area (Å²) in [6, 6.07) is 18.7. The number of nitrogens with one attached hydrogen (secondary N) is 3. The summed E-state index contributed by atoms with van der Waals surface area (Å²) in [4.78, 5) is 8.54. The first-order valence-corrected chi connectivity index (χ1v) is 9.03. The van der Waals surface area contributed by atoms with E-state index in [-0.39, 0.29) is 29.4 Å². The summed E-state index contributed by atoms with van der Waals surface area (Å²) in [7, 11) is 1.79. The molecule has 0 spiro atoms. The van der Waals surface area contributed by atoms with Crippen LogP contribution in [0.1, 0.15) is 25.0 Å². The van der Waals surface area contributed by atoms with Crippen LogP contribution in [0.15, 0.2) is 65.9 Å². The average molecular weight is 490 g/mol. The second kappa shape index (κ2) is 10.2. The van der Waals surface area contributed by atoms with Gasteiger partial charge in [-0.3, -0.25) is 10.1 Å². The van der Waals surface area contributed by atoms with Crippen LogP contribution in [-0.2, 0) is 12.0 Å². The Labute approximate surface area is 183 Å². The zero-order valence-corrected chi connectivity index (χ0v) is 18.8. The smallest absolute Gasteiger partial charge is 0.191 e. The van der Waals surface area contributed by atoms with Gasteiger partial charge in [-0.15, -0.1) is 24.0 Å². The molecule has 0 aliphatic carbocycles. The van der Waals surface area contributed by atoms with Crippen LogP contribution < -0.4 is 10.6 Å². The highest BCUT2D eigenvalue weighted by molar-refractivity contribution is 14.0. The minimum absolute atomic E-state index is 0. The Balaban J connectivity index is 0.00000280. The quantitative estimate of drug-likeness (QED) is 0.280. The van der Waals surface area contributed by atoms with Crippen molar-refractivity contribution in [1.29, 1.82) is 0 Å². The molecule has 3 N–H and O–H groups in total. The highest BCUT2D eigenvalue weighted by Crippen LogP contribution is 2.21. The normalized spacial score (nSPS) is 11.6. The van der Waals surface area contributed by atoms with Crippen molar-refractivity contribution in [2.75, 3.05) is 13.6 Å². The van der Waals surface area contributed by atoms with Gasteiger partial charge in [0.25, 0.3) is 0 Å². The maximum Gasteiger partial charge on any atom is 0.191 e. The molecule has 28 heavy (non-hydrogen) atoms. The van der Waals surface area contributed by atoms with E-state index in [0.717, 1.165) is 29.5 Å². The van der Waals surface area contributed by atoms with E-state index >= 15 is 0 Å². The monoisotopic (exact) mass is 490 g/mol. The molecule has 0 bridgehead atoms.